The summed E-state index contributed by atoms with van der Waals surface area (Å²) >= 11 is 0. The van der Waals surface area contributed by atoms with Crippen LogP contribution in [0.4, 0.5) is 8.78 Å². The first kappa shape index (κ1) is 9.78. The second-order valence-electron chi connectivity index (χ2n) is 4.38. The summed E-state index contributed by atoms with van der Waals surface area (Å²) in [5.74, 6) is -1.02. The largest absolute Gasteiger partial charge is 0.356 e. The number of hydrogen-bond acceptors (Lipinski definition) is 1. The fourth-order valence-corrected chi connectivity index (χ4v) is 2.37. The Morgan fingerprint density at radius 1 is 1.31 bits per heavy atom. The number of nitrogens with one attached hydrogen (secondary N) is 1. The molecular weight excluding hydrogens is 210 g/mol. The van der Waals surface area contributed by atoms with Gasteiger partial charge in [-0.25, -0.2) is 8.78 Å². The number of hydrogen-bond donors (Lipinski definition) is 1. The molecule has 0 unspecified atom stereocenters. The highest BCUT2D eigenvalue weighted by atomic mass is 19.1. The van der Waals surface area contributed by atoms with Crippen molar-refractivity contribution < 1.29 is 8.78 Å². The zero-order chi connectivity index (χ0) is 11.3. The van der Waals surface area contributed by atoms with Crippen LogP contribution in [0.2, 0.25) is 0 Å². The van der Waals surface area contributed by atoms with Gasteiger partial charge in [-0.05, 0) is 18.7 Å². The Bertz CT molecular complexity index is 560. The number of aromatic nitrogens is 1. The van der Waals surface area contributed by atoms with Gasteiger partial charge in [0.1, 0.15) is 11.6 Å². The third-order valence-corrected chi connectivity index (χ3v) is 3.19. The molecule has 1 aromatic heterocycles. The lowest BCUT2D eigenvalue weighted by Gasteiger charge is -2.22. The number of H-pyrrole nitrogens is 1. The number of rotatable bonds is 0. The zero-order valence-electron chi connectivity index (χ0n) is 8.98. The summed E-state index contributed by atoms with van der Waals surface area (Å²) in [4.78, 5) is 5.21. The van der Waals surface area contributed by atoms with Crippen molar-refractivity contribution in [3.05, 3.63) is 35.0 Å². The average molecular weight is 222 g/mol. The summed E-state index contributed by atoms with van der Waals surface area (Å²) < 4.78 is 26.7. The molecule has 1 aliphatic rings. The van der Waals surface area contributed by atoms with E-state index in [9.17, 15) is 8.78 Å². The summed E-state index contributed by atoms with van der Waals surface area (Å²) in [6, 6.07) is 2.33. The van der Waals surface area contributed by atoms with E-state index in [1.165, 1.54) is 6.07 Å². The second kappa shape index (κ2) is 3.28. The molecule has 1 aliphatic heterocycles. The Balaban J connectivity index is 2.30. The first-order chi connectivity index (χ1) is 7.65. The molecule has 84 valence electrons. The third kappa shape index (κ3) is 1.33. The normalized spacial score (nSPS) is 16.7. The van der Waals surface area contributed by atoms with Crippen LogP contribution in [0.25, 0.3) is 10.9 Å². The molecule has 3 rings (SSSR count). The first-order valence-corrected chi connectivity index (χ1v) is 5.32. The van der Waals surface area contributed by atoms with Gasteiger partial charge in [-0.15, -0.1) is 0 Å². The van der Waals surface area contributed by atoms with E-state index in [2.05, 4.69) is 9.88 Å². The van der Waals surface area contributed by atoms with Gasteiger partial charge < -0.3 is 9.88 Å². The SMILES string of the molecule is CN1CCc2[nH]c3c(F)cc(F)cc3c2C1. The van der Waals surface area contributed by atoms with Crippen LogP contribution in [-0.2, 0) is 13.0 Å². The lowest BCUT2D eigenvalue weighted by molar-refractivity contribution is 0.313. The van der Waals surface area contributed by atoms with Crippen molar-refractivity contribution in [2.24, 2.45) is 0 Å². The van der Waals surface area contributed by atoms with E-state index in [0.717, 1.165) is 36.8 Å². The van der Waals surface area contributed by atoms with Crippen molar-refractivity contribution in [3.63, 3.8) is 0 Å². The van der Waals surface area contributed by atoms with Crippen molar-refractivity contribution in [3.8, 4) is 0 Å². The van der Waals surface area contributed by atoms with Crippen LogP contribution in [0.3, 0.4) is 0 Å². The van der Waals surface area contributed by atoms with E-state index in [-0.39, 0.29) is 0 Å². The molecule has 0 spiro atoms. The van der Waals surface area contributed by atoms with Crippen LogP contribution in [0.15, 0.2) is 12.1 Å². The molecular formula is C12H12F2N2. The molecule has 0 fully saturated rings. The summed E-state index contributed by atoms with van der Waals surface area (Å²) in [5, 5.41) is 0.680. The second-order valence-corrected chi connectivity index (χ2v) is 4.38. The Labute approximate surface area is 91.9 Å². The quantitative estimate of drug-likeness (QED) is 0.725. The molecule has 0 aliphatic carbocycles. The van der Waals surface area contributed by atoms with Gasteiger partial charge in [-0.3, -0.25) is 0 Å². The van der Waals surface area contributed by atoms with Crippen LogP contribution in [0.1, 0.15) is 11.3 Å². The van der Waals surface area contributed by atoms with Gasteiger partial charge >= 0.3 is 0 Å². The van der Waals surface area contributed by atoms with Crippen molar-refractivity contribution in [2.45, 2.75) is 13.0 Å². The van der Waals surface area contributed by atoms with Crippen LogP contribution in [0.5, 0.6) is 0 Å². The molecule has 0 radical (unpaired) electrons. The van der Waals surface area contributed by atoms with Crippen LogP contribution < -0.4 is 0 Å². The van der Waals surface area contributed by atoms with Crippen LogP contribution in [0, 0.1) is 11.6 Å². The fourth-order valence-electron chi connectivity index (χ4n) is 2.37. The monoisotopic (exact) mass is 222 g/mol. The molecule has 2 heterocycles. The smallest absolute Gasteiger partial charge is 0.150 e. The summed E-state index contributed by atoms with van der Waals surface area (Å²) in [7, 11) is 2.01. The average Bonchev–Trinajstić information content (AvgIpc) is 2.57. The van der Waals surface area contributed by atoms with Gasteiger partial charge in [-0.2, -0.15) is 0 Å². The maximum atomic E-state index is 13.5. The van der Waals surface area contributed by atoms with Gasteiger partial charge in [0.05, 0.1) is 5.52 Å². The summed E-state index contributed by atoms with van der Waals surface area (Å²) in [5.41, 5.74) is 2.50. The number of halogens is 2. The Kier molecular flexibility index (Phi) is 2.01. The summed E-state index contributed by atoms with van der Waals surface area (Å²) in [6.45, 7) is 1.70. The maximum absolute atomic E-state index is 13.5. The van der Waals surface area contributed by atoms with E-state index in [0.29, 0.717) is 10.9 Å². The highest BCUT2D eigenvalue weighted by Crippen LogP contribution is 2.29. The Hall–Kier alpha value is -1.42. The Morgan fingerprint density at radius 3 is 2.94 bits per heavy atom. The molecule has 1 N–H and O–H groups in total. The van der Waals surface area contributed by atoms with Crippen LogP contribution in [-0.4, -0.2) is 23.5 Å². The Morgan fingerprint density at radius 2 is 2.12 bits per heavy atom. The molecule has 16 heavy (non-hydrogen) atoms. The third-order valence-electron chi connectivity index (χ3n) is 3.19. The molecule has 0 saturated carbocycles. The van der Waals surface area contributed by atoms with Gasteiger partial charge in [0.15, 0.2) is 0 Å². The molecule has 0 atom stereocenters. The molecule has 0 bridgehead atoms. The summed E-state index contributed by atoms with van der Waals surface area (Å²) in [6.07, 6.45) is 0.863. The van der Waals surface area contributed by atoms with E-state index in [1.807, 2.05) is 7.05 Å². The van der Waals surface area contributed by atoms with Crippen molar-refractivity contribution >= 4 is 10.9 Å². The van der Waals surface area contributed by atoms with E-state index < -0.39 is 11.6 Å². The maximum Gasteiger partial charge on any atom is 0.150 e. The topological polar surface area (TPSA) is 19.0 Å². The highest BCUT2D eigenvalue weighted by Gasteiger charge is 2.20. The lowest BCUT2D eigenvalue weighted by atomic mass is 10.0. The molecule has 2 nitrogen and oxygen atoms in total. The van der Waals surface area contributed by atoms with Gasteiger partial charge in [0, 0.05) is 36.7 Å². The van der Waals surface area contributed by atoms with E-state index in [1.54, 1.807) is 0 Å². The van der Waals surface area contributed by atoms with Gasteiger partial charge in [0.2, 0.25) is 0 Å². The van der Waals surface area contributed by atoms with Crippen molar-refractivity contribution in [2.75, 3.05) is 13.6 Å². The minimum absolute atomic E-state index is 0.432. The molecule has 0 saturated heterocycles. The van der Waals surface area contributed by atoms with Crippen LogP contribution >= 0.6 is 0 Å². The predicted octanol–water partition coefficient (Wildman–Crippen LogP) is 2.43. The molecule has 4 heteroatoms. The predicted molar refractivity (Wildman–Crippen MR) is 58.3 cm³/mol. The van der Waals surface area contributed by atoms with Crippen molar-refractivity contribution in [1.29, 1.82) is 0 Å². The number of benzene rings is 1. The minimum Gasteiger partial charge on any atom is -0.356 e. The standard InChI is InChI=1S/C12H12F2N2/c1-16-3-2-11-9(6-16)8-4-7(13)5-10(14)12(8)15-11/h4-5,15H,2-3,6H2,1H3. The lowest BCUT2D eigenvalue weighted by Crippen LogP contribution is -2.25. The van der Waals surface area contributed by atoms with Gasteiger partial charge in [0.25, 0.3) is 0 Å². The number of likely N-dealkylation sites (N-methyl/N-ethyl adjacent to an activating group) is 1. The van der Waals surface area contributed by atoms with E-state index >= 15 is 0 Å². The fraction of sp³-hybridized carbons (Fsp3) is 0.333. The van der Waals surface area contributed by atoms with Crippen molar-refractivity contribution in [1.82, 2.24) is 9.88 Å². The number of aromatic amines is 1. The highest BCUT2D eigenvalue weighted by molar-refractivity contribution is 5.85. The number of nitrogens with zero attached hydrogens (tertiary/aromatic N) is 1. The minimum atomic E-state index is -0.514. The van der Waals surface area contributed by atoms with E-state index in [4.69, 9.17) is 0 Å². The first-order valence-electron chi connectivity index (χ1n) is 5.32. The number of fused-ring (bicyclic) bond motifs is 3. The van der Waals surface area contributed by atoms with Gasteiger partial charge in [-0.1, -0.05) is 0 Å². The molecule has 0 amide bonds. The zero-order valence-corrected chi connectivity index (χ0v) is 8.98. The molecule has 1 aromatic carbocycles. The molecule has 2 aromatic rings.